The molecule has 30 heteroatoms. The van der Waals surface area contributed by atoms with Gasteiger partial charge in [0.25, 0.3) is 50.6 Å². The molecule has 8 aromatic carbocycles. The van der Waals surface area contributed by atoms with Gasteiger partial charge < -0.3 is 19.9 Å². The van der Waals surface area contributed by atoms with Crippen LogP contribution in [0.15, 0.2) is 172 Å². The largest absolute Gasteiger partial charge is 0.505 e. The number of nitrogens with zero attached hydrogens (tertiary/aromatic N) is 6. The average molecular weight is 1150 g/mol. The Bertz CT molecular complexity index is 4410. The van der Waals surface area contributed by atoms with Gasteiger partial charge in [0.2, 0.25) is 0 Å². The number of azo groups is 3. The Hall–Kier alpha value is -7.91. The normalized spacial score (nSPS) is 12.9. The van der Waals surface area contributed by atoms with Crippen LogP contribution in [0.1, 0.15) is 12.0 Å². The summed E-state index contributed by atoms with van der Waals surface area (Å²) in [4.78, 5) is -3.10. The van der Waals surface area contributed by atoms with Crippen molar-refractivity contribution in [2.24, 2.45) is 30.7 Å². The molecule has 0 aliphatic rings. The molecule has 8 aromatic rings. The first kappa shape index (κ1) is 55.3. The van der Waals surface area contributed by atoms with E-state index in [0.717, 1.165) is 30.3 Å². The van der Waals surface area contributed by atoms with E-state index in [-0.39, 0.29) is 85.3 Å². The van der Waals surface area contributed by atoms with E-state index in [9.17, 15) is 70.0 Å². The summed E-state index contributed by atoms with van der Waals surface area (Å²) in [5, 5.41) is 40.1. The molecule has 8 rings (SSSR count). The quantitative estimate of drug-likeness (QED) is 0.0238. The van der Waals surface area contributed by atoms with Gasteiger partial charge in [-0.05, 0) is 109 Å². The summed E-state index contributed by atoms with van der Waals surface area (Å²) in [5.41, 5.74) is 0.578. The van der Waals surface area contributed by atoms with Gasteiger partial charge in [-0.15, -0.1) is 25.6 Å². The van der Waals surface area contributed by atoms with Crippen LogP contribution in [0.3, 0.4) is 0 Å². The number of phenolic OH excluding ortho intramolecular Hbond substituents is 1. The number of benzene rings is 8. The molecule has 25 nitrogen and oxygen atoms in total. The second-order valence-corrected chi connectivity index (χ2v) is 23.8. The Labute approximate surface area is 438 Å². The number of para-hydroxylation sites is 1. The highest BCUT2D eigenvalue weighted by atomic mass is 32.2. The highest BCUT2D eigenvalue weighted by molar-refractivity contribution is 7.87. The molecule has 0 amide bonds. The maximum atomic E-state index is 12.8. The number of methoxy groups -OCH3 is 1. The number of aryl methyl sites for hydroxylation is 1. The van der Waals surface area contributed by atoms with E-state index in [0.29, 0.717) is 23.0 Å². The average Bonchev–Trinajstić information content (AvgIpc) is 3.37. The summed E-state index contributed by atoms with van der Waals surface area (Å²) >= 11 is 0. The van der Waals surface area contributed by atoms with Gasteiger partial charge in [0.1, 0.15) is 38.4 Å². The zero-order valence-corrected chi connectivity index (χ0v) is 43.6. The van der Waals surface area contributed by atoms with Gasteiger partial charge in [-0.1, -0.05) is 30.3 Å². The monoisotopic (exact) mass is 1150 g/mol. The highest BCUT2D eigenvalue weighted by Crippen LogP contribution is 2.46. The van der Waals surface area contributed by atoms with Gasteiger partial charge >= 0.3 is 0 Å². The van der Waals surface area contributed by atoms with Crippen molar-refractivity contribution in [1.29, 1.82) is 0 Å². The maximum absolute atomic E-state index is 12.8. The van der Waals surface area contributed by atoms with E-state index >= 15 is 0 Å². The highest BCUT2D eigenvalue weighted by Gasteiger charge is 2.25. The number of anilines is 2. The number of ether oxygens (including phenoxy) is 2. The molecule has 400 valence electrons. The summed E-state index contributed by atoms with van der Waals surface area (Å²) in [5.74, 6) is -1.57. The second kappa shape index (κ2) is 21.3. The van der Waals surface area contributed by atoms with E-state index in [1.54, 1.807) is 43.3 Å². The number of fused-ring (bicyclic) bond motifs is 3. The van der Waals surface area contributed by atoms with Crippen LogP contribution in [0.2, 0.25) is 0 Å². The first-order valence-corrected chi connectivity index (χ1v) is 29.2. The van der Waals surface area contributed by atoms with Crippen molar-refractivity contribution in [3.05, 3.63) is 127 Å². The molecule has 0 heterocycles. The van der Waals surface area contributed by atoms with E-state index < -0.39 is 87.4 Å². The fourth-order valence-corrected chi connectivity index (χ4v) is 10.7. The van der Waals surface area contributed by atoms with Crippen LogP contribution in [-0.2, 0) is 50.6 Å². The fourth-order valence-electron chi connectivity index (χ4n) is 7.67. The van der Waals surface area contributed by atoms with Crippen LogP contribution in [0.5, 0.6) is 17.2 Å². The zero-order chi connectivity index (χ0) is 55.8. The molecule has 0 aliphatic heterocycles. The molecule has 77 heavy (non-hydrogen) atoms. The van der Waals surface area contributed by atoms with Crippen molar-refractivity contribution < 1.29 is 79.4 Å². The molecule has 0 bridgehead atoms. The molecule has 0 spiro atoms. The lowest BCUT2D eigenvalue weighted by Gasteiger charge is -2.13. The van der Waals surface area contributed by atoms with Gasteiger partial charge in [0.05, 0.1) is 46.3 Å². The first-order chi connectivity index (χ1) is 36.1. The van der Waals surface area contributed by atoms with Crippen LogP contribution in [0.4, 0.5) is 45.5 Å². The molecular formula is C47H39N7O18S5. The lowest BCUT2D eigenvalue weighted by Crippen LogP contribution is -2.08. The Morgan fingerprint density at radius 1 is 0.494 bits per heavy atom. The van der Waals surface area contributed by atoms with Crippen LogP contribution in [-0.4, -0.2) is 89.4 Å². The van der Waals surface area contributed by atoms with Gasteiger partial charge in [-0.3, -0.25) is 22.8 Å². The smallest absolute Gasteiger partial charge is 0.296 e. The molecule has 0 saturated heterocycles. The molecule has 0 radical (unpaired) electrons. The number of phenols is 1. The summed E-state index contributed by atoms with van der Waals surface area (Å²) in [6.45, 7) is 1.20. The van der Waals surface area contributed by atoms with Gasteiger partial charge in [0, 0.05) is 45.1 Å². The Morgan fingerprint density at radius 2 is 1.14 bits per heavy atom. The number of nitrogens with one attached hydrogen (secondary N) is 1. The van der Waals surface area contributed by atoms with E-state index in [2.05, 4.69) is 36.0 Å². The molecule has 0 aliphatic carbocycles. The topological polar surface area (TPSA) is 397 Å². The first-order valence-electron chi connectivity index (χ1n) is 21.8. The third-order valence-electron chi connectivity index (χ3n) is 11.3. The Kier molecular flexibility index (Phi) is 15.3. The summed E-state index contributed by atoms with van der Waals surface area (Å²) in [6.07, 6.45) is -0.234. The third-order valence-corrected chi connectivity index (χ3v) is 15.5. The number of hydrogen-bond donors (Lipinski definition) is 7. The minimum absolute atomic E-state index is 0.0170. The van der Waals surface area contributed by atoms with Crippen LogP contribution >= 0.6 is 0 Å². The summed E-state index contributed by atoms with van der Waals surface area (Å²) < 4.78 is 182. The van der Waals surface area contributed by atoms with E-state index in [1.807, 2.05) is 6.07 Å². The van der Waals surface area contributed by atoms with Gasteiger partial charge in [0.15, 0.2) is 5.75 Å². The van der Waals surface area contributed by atoms with Crippen LogP contribution in [0.25, 0.3) is 32.3 Å². The van der Waals surface area contributed by atoms with Crippen LogP contribution < -0.4 is 14.8 Å². The third kappa shape index (κ3) is 12.9. The molecule has 0 fully saturated rings. The molecule has 0 aromatic heterocycles. The minimum atomic E-state index is -5.08. The van der Waals surface area contributed by atoms with Crippen molar-refractivity contribution in [2.45, 2.75) is 32.9 Å². The van der Waals surface area contributed by atoms with Crippen molar-refractivity contribution in [2.75, 3.05) is 24.8 Å². The zero-order valence-electron chi connectivity index (χ0n) is 39.5. The molecule has 0 atom stereocenters. The fraction of sp³-hybridized carbons (Fsp3) is 0.106. The predicted octanol–water partition coefficient (Wildman–Crippen LogP) is 10.8. The Morgan fingerprint density at radius 3 is 1.81 bits per heavy atom. The maximum Gasteiger partial charge on any atom is 0.296 e. The van der Waals surface area contributed by atoms with Crippen molar-refractivity contribution in [3.8, 4) is 17.2 Å². The summed E-state index contributed by atoms with van der Waals surface area (Å²) in [6, 6.07) is 27.2. The molecular weight excluding hydrogens is 1110 g/mol. The van der Waals surface area contributed by atoms with Gasteiger partial charge in [-0.25, -0.2) is 0 Å². The number of rotatable bonds is 18. The van der Waals surface area contributed by atoms with E-state index in [1.165, 1.54) is 49.6 Å². The Balaban J connectivity index is 1.20. The number of aromatic hydroxyl groups is 1. The molecule has 0 unspecified atom stereocenters. The van der Waals surface area contributed by atoms with Gasteiger partial charge in [-0.2, -0.15) is 47.2 Å². The molecule has 0 saturated carbocycles. The predicted molar refractivity (Wildman–Crippen MR) is 279 cm³/mol. The lowest BCUT2D eigenvalue weighted by atomic mass is 10.1. The van der Waals surface area contributed by atoms with Crippen molar-refractivity contribution >= 4 is 128 Å². The molecule has 7 N–H and O–H groups in total. The second-order valence-electron chi connectivity index (χ2n) is 16.6. The number of hydrogen-bond acceptors (Lipinski definition) is 20. The lowest BCUT2D eigenvalue weighted by molar-refractivity contribution is 0.317. The van der Waals surface area contributed by atoms with E-state index in [4.69, 9.17) is 9.47 Å². The van der Waals surface area contributed by atoms with Crippen LogP contribution in [0, 0.1) is 6.92 Å². The standard InChI is InChI=1S/C47H39N7O18S5/c1-26-17-40(52-54-46-44(77(68,69)70)20-28-18-30(11-13-34(28)47(46)55)48-29-7-4-3-5-8-29)41(72-15-6-16-73(56,57)58)24-38(26)50-53-45-35-14-12-32(74(59,60)61)22-37(35)39(25-42(45)71-2)51-49-31-10-9-27-19-33(75(62,63)64)23-43(36(27)21-31)76(65,66)67/h3-5,7-14,17-25,48,55H,6,15-16H2,1-2H3,(H,56,57,58)(H,59,60,61)(H,62,63,64)(H,65,66,67)(H,68,69,70). The van der Waals surface area contributed by atoms with Crippen molar-refractivity contribution in [1.82, 2.24) is 0 Å². The summed E-state index contributed by atoms with van der Waals surface area (Å²) in [7, 11) is -23.1. The minimum Gasteiger partial charge on any atom is -0.505 e. The van der Waals surface area contributed by atoms with Crippen molar-refractivity contribution in [3.63, 3.8) is 0 Å². The SMILES string of the molecule is COc1cc(N=Nc2ccc3cc(S(=O)(=O)O)cc(S(=O)(=O)O)c3c2)c2cc(S(=O)(=O)O)ccc2c1N=Nc1cc(OCCCS(=O)(=O)O)c(N=Nc2c(S(=O)(=O)O)cc3cc(Nc4ccccc4)ccc3c2O)cc1C.